The van der Waals surface area contributed by atoms with Crippen LogP contribution in [0.5, 0.6) is 0 Å². The van der Waals surface area contributed by atoms with Crippen LogP contribution in [0.2, 0.25) is 0 Å². The van der Waals surface area contributed by atoms with Crippen LogP contribution in [0.1, 0.15) is 12.8 Å². The number of hydrogen-bond acceptors (Lipinski definition) is 5. The molecule has 1 aliphatic rings. The lowest BCUT2D eigenvalue weighted by Gasteiger charge is -2.33. The molecule has 2 heterocycles. The number of ether oxygens (including phenoxy) is 1. The Bertz CT molecular complexity index is 484. The molecule has 6 nitrogen and oxygen atoms in total. The zero-order valence-corrected chi connectivity index (χ0v) is 11.8. The highest BCUT2D eigenvalue weighted by molar-refractivity contribution is 5.77. The van der Waals surface area contributed by atoms with E-state index in [1.165, 1.54) is 0 Å². The number of alkyl halides is 3. The molecule has 0 aromatic carbocycles. The summed E-state index contributed by atoms with van der Waals surface area (Å²) in [7, 11) is 0. The van der Waals surface area contributed by atoms with E-state index >= 15 is 0 Å². The van der Waals surface area contributed by atoms with Crippen molar-refractivity contribution in [1.29, 1.82) is 0 Å². The molecular weight excluding hydrogens is 301 g/mol. The highest BCUT2D eigenvalue weighted by Crippen LogP contribution is 2.16. The topological polar surface area (TPSA) is 67.3 Å². The van der Waals surface area contributed by atoms with Crippen molar-refractivity contribution in [2.45, 2.75) is 25.1 Å². The van der Waals surface area contributed by atoms with Crippen molar-refractivity contribution in [1.82, 2.24) is 15.3 Å². The van der Waals surface area contributed by atoms with Gasteiger partial charge < -0.3 is 15.0 Å². The van der Waals surface area contributed by atoms with E-state index in [0.717, 1.165) is 19.4 Å². The lowest BCUT2D eigenvalue weighted by molar-refractivity contribution is -0.175. The van der Waals surface area contributed by atoms with Gasteiger partial charge in [0, 0.05) is 31.5 Å². The molecule has 0 aliphatic carbocycles. The molecule has 2 rings (SSSR count). The van der Waals surface area contributed by atoms with Gasteiger partial charge in [0.2, 0.25) is 11.9 Å². The van der Waals surface area contributed by atoms with Crippen molar-refractivity contribution in [3.8, 4) is 0 Å². The molecule has 0 spiro atoms. The minimum Gasteiger partial charge on any atom is -0.362 e. The Balaban J connectivity index is 1.77. The first kappa shape index (κ1) is 16.5. The van der Waals surface area contributed by atoms with Crippen molar-refractivity contribution in [3.05, 3.63) is 18.5 Å². The summed E-state index contributed by atoms with van der Waals surface area (Å²) in [6.45, 7) is -0.719. The maximum atomic E-state index is 11.9. The van der Waals surface area contributed by atoms with Crippen LogP contribution in [-0.2, 0) is 9.53 Å². The summed E-state index contributed by atoms with van der Waals surface area (Å²) in [5.74, 6) is 0.0276. The third-order valence-electron chi connectivity index (χ3n) is 3.12. The molecule has 1 aromatic rings. The maximum absolute atomic E-state index is 11.9. The van der Waals surface area contributed by atoms with Crippen LogP contribution in [0.4, 0.5) is 19.1 Å². The Labute approximate surface area is 125 Å². The second-order valence-electron chi connectivity index (χ2n) is 5.01. The van der Waals surface area contributed by atoms with Crippen molar-refractivity contribution in [2.75, 3.05) is 31.2 Å². The van der Waals surface area contributed by atoms with Crippen molar-refractivity contribution in [3.63, 3.8) is 0 Å². The van der Waals surface area contributed by atoms with Crippen molar-refractivity contribution >= 4 is 11.9 Å². The van der Waals surface area contributed by atoms with E-state index in [-0.39, 0.29) is 6.04 Å². The van der Waals surface area contributed by atoms with E-state index in [2.05, 4.69) is 20.0 Å². The van der Waals surface area contributed by atoms with Gasteiger partial charge in [0.25, 0.3) is 0 Å². The third kappa shape index (κ3) is 5.47. The SMILES string of the molecule is O=C(COCC(F)(F)F)N[C@@H]1CCCN(c2ncccn2)C1. The Kier molecular flexibility index (Phi) is 5.53. The molecule has 1 aliphatic heterocycles. The smallest absolute Gasteiger partial charge is 0.362 e. The molecule has 0 unspecified atom stereocenters. The Morgan fingerprint density at radius 2 is 2.14 bits per heavy atom. The zero-order chi connectivity index (χ0) is 16.0. The Morgan fingerprint density at radius 3 is 2.82 bits per heavy atom. The summed E-state index contributed by atoms with van der Waals surface area (Å²) < 4.78 is 40.1. The fourth-order valence-corrected chi connectivity index (χ4v) is 2.26. The molecule has 0 saturated carbocycles. The average molecular weight is 318 g/mol. The molecule has 122 valence electrons. The predicted octanol–water partition coefficient (Wildman–Crippen LogP) is 1.14. The van der Waals surface area contributed by atoms with E-state index in [9.17, 15) is 18.0 Å². The van der Waals surface area contributed by atoms with Crippen LogP contribution in [0, 0.1) is 0 Å². The van der Waals surface area contributed by atoms with Crippen LogP contribution in [-0.4, -0.2) is 54.4 Å². The fraction of sp³-hybridized carbons (Fsp3) is 0.615. The largest absolute Gasteiger partial charge is 0.411 e. The monoisotopic (exact) mass is 318 g/mol. The lowest BCUT2D eigenvalue weighted by Crippen LogP contribution is -2.49. The van der Waals surface area contributed by atoms with Crippen LogP contribution in [0.15, 0.2) is 18.5 Å². The number of rotatable bonds is 5. The number of halogens is 3. The van der Waals surface area contributed by atoms with Crippen LogP contribution < -0.4 is 10.2 Å². The molecule has 1 fully saturated rings. The van der Waals surface area contributed by atoms with E-state index in [4.69, 9.17) is 0 Å². The number of aromatic nitrogens is 2. The van der Waals surface area contributed by atoms with E-state index in [0.29, 0.717) is 12.5 Å². The van der Waals surface area contributed by atoms with Crippen LogP contribution in [0.3, 0.4) is 0 Å². The number of carbonyl (C=O) groups is 1. The number of anilines is 1. The van der Waals surface area contributed by atoms with Gasteiger partial charge in [0.1, 0.15) is 13.2 Å². The number of nitrogens with zero attached hydrogens (tertiary/aromatic N) is 3. The minimum absolute atomic E-state index is 0.153. The highest BCUT2D eigenvalue weighted by atomic mass is 19.4. The molecule has 1 atom stereocenters. The third-order valence-corrected chi connectivity index (χ3v) is 3.12. The molecule has 22 heavy (non-hydrogen) atoms. The van der Waals surface area contributed by atoms with Gasteiger partial charge in [0.15, 0.2) is 0 Å². The second-order valence-corrected chi connectivity index (χ2v) is 5.01. The van der Waals surface area contributed by atoms with E-state index < -0.39 is 25.3 Å². The van der Waals surface area contributed by atoms with Gasteiger partial charge in [-0.15, -0.1) is 0 Å². The summed E-state index contributed by atoms with van der Waals surface area (Å²) in [6, 6.07) is 1.56. The lowest BCUT2D eigenvalue weighted by atomic mass is 10.1. The first-order valence-corrected chi connectivity index (χ1v) is 6.90. The van der Waals surface area contributed by atoms with Gasteiger partial charge in [0.05, 0.1) is 0 Å². The molecular formula is C13H17F3N4O2. The second kappa shape index (κ2) is 7.39. The molecule has 0 bridgehead atoms. The molecule has 1 amide bonds. The number of amides is 1. The number of carbonyl (C=O) groups excluding carboxylic acids is 1. The number of nitrogens with one attached hydrogen (secondary N) is 1. The standard InChI is InChI=1S/C13H17F3N4O2/c14-13(15,16)9-22-8-11(21)19-10-3-1-6-20(7-10)12-17-4-2-5-18-12/h2,4-5,10H,1,3,6-9H2,(H,19,21)/t10-/m1/s1. The molecule has 0 radical (unpaired) electrons. The minimum atomic E-state index is -4.42. The van der Waals surface area contributed by atoms with Gasteiger partial charge in [-0.3, -0.25) is 4.79 Å². The highest BCUT2D eigenvalue weighted by Gasteiger charge is 2.28. The van der Waals surface area contributed by atoms with Gasteiger partial charge in [-0.25, -0.2) is 9.97 Å². The van der Waals surface area contributed by atoms with Gasteiger partial charge >= 0.3 is 6.18 Å². The number of piperidine rings is 1. The first-order valence-electron chi connectivity index (χ1n) is 6.90. The molecule has 1 aromatic heterocycles. The van der Waals surface area contributed by atoms with Crippen molar-refractivity contribution in [2.24, 2.45) is 0 Å². The van der Waals surface area contributed by atoms with E-state index in [1.807, 2.05) is 4.90 Å². The Hall–Kier alpha value is -1.90. The van der Waals surface area contributed by atoms with E-state index in [1.54, 1.807) is 18.5 Å². The molecule has 1 saturated heterocycles. The normalized spacial score (nSPS) is 19.0. The fourth-order valence-electron chi connectivity index (χ4n) is 2.26. The predicted molar refractivity (Wildman–Crippen MR) is 72.3 cm³/mol. The first-order chi connectivity index (χ1) is 10.4. The number of hydrogen-bond donors (Lipinski definition) is 1. The quantitative estimate of drug-likeness (QED) is 0.882. The van der Waals surface area contributed by atoms with Crippen LogP contribution in [0.25, 0.3) is 0 Å². The summed E-state index contributed by atoms with van der Waals surface area (Å²) in [4.78, 5) is 21.8. The molecule has 9 heteroatoms. The van der Waals surface area contributed by atoms with Crippen molar-refractivity contribution < 1.29 is 22.7 Å². The Morgan fingerprint density at radius 1 is 1.41 bits per heavy atom. The summed E-state index contributed by atoms with van der Waals surface area (Å²) in [6.07, 6.45) is 0.443. The summed E-state index contributed by atoms with van der Waals surface area (Å²) in [5.41, 5.74) is 0. The molecule has 1 N–H and O–H groups in total. The van der Waals surface area contributed by atoms with Gasteiger partial charge in [-0.05, 0) is 18.9 Å². The summed E-state index contributed by atoms with van der Waals surface area (Å²) in [5, 5.41) is 2.68. The zero-order valence-electron chi connectivity index (χ0n) is 11.8. The maximum Gasteiger partial charge on any atom is 0.411 e. The van der Waals surface area contributed by atoms with Crippen LogP contribution >= 0.6 is 0 Å². The summed E-state index contributed by atoms with van der Waals surface area (Å²) >= 11 is 0. The van der Waals surface area contributed by atoms with Gasteiger partial charge in [-0.1, -0.05) is 0 Å². The van der Waals surface area contributed by atoms with Gasteiger partial charge in [-0.2, -0.15) is 13.2 Å². The average Bonchev–Trinajstić information content (AvgIpc) is 2.47.